The fourth-order valence-electron chi connectivity index (χ4n) is 2.52. The Morgan fingerprint density at radius 2 is 1.88 bits per heavy atom. The van der Waals surface area contributed by atoms with Crippen molar-refractivity contribution in [2.45, 2.75) is 19.9 Å². The van der Waals surface area contributed by atoms with Crippen LogP contribution in [0.5, 0.6) is 0 Å². The van der Waals surface area contributed by atoms with E-state index >= 15 is 0 Å². The molecule has 0 N–H and O–H groups in total. The average Bonchev–Trinajstić information content (AvgIpc) is 2.94. The average molecular weight is 372 g/mol. The molecule has 0 aliphatic heterocycles. The maximum absolute atomic E-state index is 13.0. The maximum Gasteiger partial charge on any atom is 0.326 e. The van der Waals surface area contributed by atoms with Gasteiger partial charge in [0.1, 0.15) is 12.4 Å². The van der Waals surface area contributed by atoms with E-state index in [0.717, 1.165) is 10.2 Å². The molecule has 26 heavy (non-hydrogen) atoms. The van der Waals surface area contributed by atoms with Gasteiger partial charge in [0.15, 0.2) is 4.80 Å². The summed E-state index contributed by atoms with van der Waals surface area (Å²) in [5.74, 6) is -1.10. The van der Waals surface area contributed by atoms with E-state index in [2.05, 4.69) is 4.99 Å². The van der Waals surface area contributed by atoms with Gasteiger partial charge in [-0.1, -0.05) is 35.6 Å². The van der Waals surface area contributed by atoms with Gasteiger partial charge in [-0.25, -0.2) is 4.39 Å². The van der Waals surface area contributed by atoms with E-state index < -0.39 is 0 Å². The number of fused-ring (bicyclic) bond motifs is 1. The summed E-state index contributed by atoms with van der Waals surface area (Å²) in [6, 6.07) is 13.3. The highest BCUT2D eigenvalue weighted by atomic mass is 32.1. The largest absolute Gasteiger partial charge is 0.465 e. The second-order valence-corrected chi connectivity index (χ2v) is 6.56. The lowest BCUT2D eigenvalue weighted by atomic mass is 10.1. The minimum absolute atomic E-state index is 0.0134. The molecule has 5 nitrogen and oxygen atoms in total. The number of carbonyl (C=O) groups excluding carboxylic acids is 2. The lowest BCUT2D eigenvalue weighted by Gasteiger charge is -2.05. The van der Waals surface area contributed by atoms with Crippen LogP contribution in [0.15, 0.2) is 53.5 Å². The Hall–Kier alpha value is -2.80. The van der Waals surface area contributed by atoms with Gasteiger partial charge in [0.2, 0.25) is 0 Å². The molecule has 1 aromatic heterocycles. The molecule has 134 valence electrons. The SMILES string of the molecule is CCOC(=O)Cn1c(=NC(=O)Cc2ccc(F)cc2)sc2ccccc21. The van der Waals surface area contributed by atoms with Crippen LogP contribution in [-0.4, -0.2) is 23.1 Å². The first kappa shape index (κ1) is 18.0. The number of carbonyl (C=O) groups is 2. The van der Waals surface area contributed by atoms with Gasteiger partial charge in [-0.2, -0.15) is 4.99 Å². The fourth-order valence-corrected chi connectivity index (χ4v) is 3.56. The van der Waals surface area contributed by atoms with Crippen molar-refractivity contribution in [2.24, 2.45) is 4.99 Å². The molecule has 2 aromatic carbocycles. The molecule has 1 amide bonds. The highest BCUT2D eigenvalue weighted by Crippen LogP contribution is 2.17. The predicted molar refractivity (Wildman–Crippen MR) is 97.1 cm³/mol. The Kier molecular flexibility index (Phi) is 5.58. The normalized spacial score (nSPS) is 11.7. The van der Waals surface area contributed by atoms with Crippen LogP contribution in [0.4, 0.5) is 4.39 Å². The molecule has 1 heterocycles. The number of esters is 1. The van der Waals surface area contributed by atoms with Crippen LogP contribution in [0.25, 0.3) is 10.2 Å². The van der Waals surface area contributed by atoms with E-state index in [4.69, 9.17) is 4.74 Å². The standard InChI is InChI=1S/C19H17FN2O3S/c1-2-25-18(24)12-22-15-5-3-4-6-16(15)26-19(22)21-17(23)11-13-7-9-14(20)10-8-13/h3-10H,2,11-12H2,1H3. The van der Waals surface area contributed by atoms with Crippen LogP contribution in [0.2, 0.25) is 0 Å². The monoisotopic (exact) mass is 372 g/mol. The first-order valence-electron chi connectivity index (χ1n) is 8.13. The maximum atomic E-state index is 13.0. The molecule has 0 aliphatic carbocycles. The molecule has 0 radical (unpaired) electrons. The fraction of sp³-hybridized carbons (Fsp3) is 0.211. The van der Waals surface area contributed by atoms with E-state index in [9.17, 15) is 14.0 Å². The zero-order valence-corrected chi connectivity index (χ0v) is 15.0. The van der Waals surface area contributed by atoms with Crippen LogP contribution < -0.4 is 4.80 Å². The number of aromatic nitrogens is 1. The molecule has 0 spiro atoms. The summed E-state index contributed by atoms with van der Waals surface area (Å²) < 4.78 is 20.6. The second kappa shape index (κ2) is 8.05. The highest BCUT2D eigenvalue weighted by Gasteiger charge is 2.12. The summed E-state index contributed by atoms with van der Waals surface area (Å²) in [4.78, 5) is 28.8. The number of amides is 1. The number of hydrogen-bond donors (Lipinski definition) is 0. The summed E-state index contributed by atoms with van der Waals surface area (Å²) in [5.41, 5.74) is 1.50. The van der Waals surface area contributed by atoms with Gasteiger partial charge in [-0.15, -0.1) is 0 Å². The van der Waals surface area contributed by atoms with Crippen molar-refractivity contribution in [3.63, 3.8) is 0 Å². The summed E-state index contributed by atoms with van der Waals surface area (Å²) in [6.07, 6.45) is 0.0634. The molecule has 0 saturated carbocycles. The van der Waals surface area contributed by atoms with E-state index in [0.29, 0.717) is 10.4 Å². The van der Waals surface area contributed by atoms with E-state index in [1.165, 1.54) is 23.5 Å². The molecule has 0 fully saturated rings. The van der Waals surface area contributed by atoms with E-state index in [1.807, 2.05) is 24.3 Å². The zero-order chi connectivity index (χ0) is 18.5. The minimum atomic E-state index is -0.386. The molecule has 0 unspecified atom stereocenters. The summed E-state index contributed by atoms with van der Waals surface area (Å²) in [7, 11) is 0. The first-order valence-corrected chi connectivity index (χ1v) is 8.94. The Morgan fingerprint density at radius 3 is 2.62 bits per heavy atom. The van der Waals surface area contributed by atoms with Gasteiger partial charge in [0.25, 0.3) is 5.91 Å². The van der Waals surface area contributed by atoms with E-state index in [1.54, 1.807) is 23.6 Å². The lowest BCUT2D eigenvalue weighted by Crippen LogP contribution is -2.23. The number of para-hydroxylation sites is 1. The van der Waals surface area contributed by atoms with Crippen LogP contribution in [-0.2, 0) is 27.3 Å². The van der Waals surface area contributed by atoms with Crippen molar-refractivity contribution >= 4 is 33.4 Å². The highest BCUT2D eigenvalue weighted by molar-refractivity contribution is 7.16. The molecule has 0 aliphatic rings. The van der Waals surface area contributed by atoms with Crippen molar-refractivity contribution in [3.05, 3.63) is 64.7 Å². The topological polar surface area (TPSA) is 60.7 Å². The molecular weight excluding hydrogens is 355 g/mol. The first-order chi connectivity index (χ1) is 12.6. The quantitative estimate of drug-likeness (QED) is 0.647. The number of hydrogen-bond acceptors (Lipinski definition) is 4. The van der Waals surface area contributed by atoms with Gasteiger partial charge in [0.05, 0.1) is 23.2 Å². The number of rotatable bonds is 5. The summed E-state index contributed by atoms with van der Waals surface area (Å²) in [5, 5.41) is 0. The molecule has 3 rings (SSSR count). The molecule has 0 bridgehead atoms. The number of thiazole rings is 1. The number of benzene rings is 2. The Balaban J connectivity index is 1.94. The van der Waals surface area contributed by atoms with Crippen LogP contribution in [0.1, 0.15) is 12.5 Å². The zero-order valence-electron chi connectivity index (χ0n) is 14.1. The van der Waals surface area contributed by atoms with E-state index in [-0.39, 0.29) is 37.3 Å². The van der Waals surface area contributed by atoms with Gasteiger partial charge in [0, 0.05) is 0 Å². The molecule has 7 heteroatoms. The lowest BCUT2D eigenvalue weighted by molar-refractivity contribution is -0.143. The molecule has 0 atom stereocenters. The Morgan fingerprint density at radius 1 is 1.15 bits per heavy atom. The third-order valence-corrected chi connectivity index (χ3v) is 4.73. The van der Waals surface area contributed by atoms with Crippen molar-refractivity contribution in [1.29, 1.82) is 0 Å². The summed E-state index contributed by atoms with van der Waals surface area (Å²) >= 11 is 1.33. The molecule has 0 saturated heterocycles. The Bertz CT molecular complexity index is 1010. The van der Waals surface area contributed by atoms with Crippen LogP contribution in [0, 0.1) is 5.82 Å². The van der Waals surface area contributed by atoms with Crippen molar-refractivity contribution in [3.8, 4) is 0 Å². The summed E-state index contributed by atoms with van der Waals surface area (Å²) in [6.45, 7) is 2.02. The molecule has 3 aromatic rings. The third kappa shape index (κ3) is 4.23. The van der Waals surface area contributed by atoms with Crippen LogP contribution >= 0.6 is 11.3 Å². The van der Waals surface area contributed by atoms with Crippen molar-refractivity contribution < 1.29 is 18.7 Å². The van der Waals surface area contributed by atoms with Gasteiger partial charge < -0.3 is 9.30 Å². The molecular formula is C19H17FN2O3S. The number of nitrogens with zero attached hydrogens (tertiary/aromatic N) is 2. The number of halogens is 1. The minimum Gasteiger partial charge on any atom is -0.465 e. The van der Waals surface area contributed by atoms with Gasteiger partial charge >= 0.3 is 5.97 Å². The van der Waals surface area contributed by atoms with Crippen molar-refractivity contribution in [2.75, 3.05) is 6.61 Å². The number of ether oxygens (including phenoxy) is 1. The Labute approximate surface area is 153 Å². The predicted octanol–water partition coefficient (Wildman–Crippen LogP) is 3.08. The van der Waals surface area contributed by atoms with Gasteiger partial charge in [-0.05, 0) is 36.8 Å². The smallest absolute Gasteiger partial charge is 0.326 e. The van der Waals surface area contributed by atoms with Crippen molar-refractivity contribution in [1.82, 2.24) is 4.57 Å². The van der Waals surface area contributed by atoms with Gasteiger partial charge in [-0.3, -0.25) is 9.59 Å². The van der Waals surface area contributed by atoms with Crippen LogP contribution in [0.3, 0.4) is 0 Å². The second-order valence-electron chi connectivity index (χ2n) is 5.55. The third-order valence-electron chi connectivity index (χ3n) is 3.67.